The molecule has 1 aliphatic carbocycles. The van der Waals surface area contributed by atoms with Crippen LogP contribution in [0.2, 0.25) is 0 Å². The van der Waals surface area contributed by atoms with E-state index in [0.717, 1.165) is 6.42 Å². The molecule has 0 spiro atoms. The van der Waals surface area contributed by atoms with E-state index in [4.69, 9.17) is 5.73 Å². The number of thiol groups is 1. The summed E-state index contributed by atoms with van der Waals surface area (Å²) in [5.74, 6) is 0.163. The zero-order valence-electron chi connectivity index (χ0n) is 7.81. The summed E-state index contributed by atoms with van der Waals surface area (Å²) in [5, 5.41) is -0.0813. The minimum Gasteiger partial charge on any atom is -0.327 e. The van der Waals surface area contributed by atoms with E-state index in [-0.39, 0.29) is 17.1 Å². The third kappa shape index (κ3) is 1.70. The molecule has 0 fully saturated rings. The van der Waals surface area contributed by atoms with Gasteiger partial charge in [0.05, 0.1) is 0 Å². The highest BCUT2D eigenvalue weighted by Crippen LogP contribution is 2.34. The van der Waals surface area contributed by atoms with Crippen LogP contribution in [0.4, 0.5) is 0 Å². The number of nitrogens with two attached hydrogens (primary N) is 1. The molecule has 14 heavy (non-hydrogen) atoms. The fourth-order valence-corrected chi connectivity index (χ4v) is 2.35. The second-order valence-electron chi connectivity index (χ2n) is 3.77. The fraction of sp³-hybridized carbons (Fsp3) is 0.364. The summed E-state index contributed by atoms with van der Waals surface area (Å²) >= 11 is 3.81. The normalized spacial score (nSPS) is 24.7. The third-order valence-electron chi connectivity index (χ3n) is 2.82. The smallest absolute Gasteiger partial charge is 0.186 e. The van der Waals surface area contributed by atoms with E-state index in [1.807, 2.05) is 12.1 Å². The lowest BCUT2D eigenvalue weighted by molar-refractivity contribution is -0.111. The summed E-state index contributed by atoms with van der Waals surface area (Å²) in [6.45, 7) is 0. The Hall–Kier alpha value is -0.800. The molecule has 1 aromatic carbocycles. The lowest BCUT2D eigenvalue weighted by Crippen LogP contribution is -2.25. The van der Waals surface area contributed by atoms with Gasteiger partial charge in [0.2, 0.25) is 0 Å². The van der Waals surface area contributed by atoms with Crippen LogP contribution in [-0.4, -0.2) is 11.2 Å². The number of benzene rings is 1. The van der Waals surface area contributed by atoms with Crippen LogP contribution in [0.25, 0.3) is 0 Å². The number of rotatable bonds is 2. The molecule has 0 saturated heterocycles. The van der Waals surface area contributed by atoms with Gasteiger partial charge in [0.25, 0.3) is 0 Å². The molecule has 0 amide bonds. The highest BCUT2D eigenvalue weighted by Gasteiger charge is 2.30. The van der Waals surface area contributed by atoms with Crippen molar-refractivity contribution in [1.82, 2.24) is 0 Å². The van der Waals surface area contributed by atoms with Gasteiger partial charge in [-0.1, -0.05) is 24.3 Å². The number of hydrogen-bond acceptors (Lipinski definition) is 2. The Morgan fingerprint density at radius 2 is 2.21 bits per heavy atom. The topological polar surface area (TPSA) is 43.1 Å². The first-order chi connectivity index (χ1) is 6.68. The molecule has 0 bridgehead atoms. The SMILES string of the molecule is N[C@@H]1Cc2ccccc2[C@H]1CC(=O)S. The monoisotopic (exact) mass is 207 g/mol. The van der Waals surface area contributed by atoms with Crippen LogP contribution >= 0.6 is 12.6 Å². The van der Waals surface area contributed by atoms with Crippen molar-refractivity contribution >= 4 is 17.7 Å². The average Bonchev–Trinajstić information content (AvgIpc) is 2.43. The lowest BCUT2D eigenvalue weighted by atomic mass is 9.96. The molecule has 2 nitrogen and oxygen atoms in total. The van der Waals surface area contributed by atoms with E-state index >= 15 is 0 Å². The minimum atomic E-state index is -0.0813. The molecule has 2 rings (SSSR count). The Balaban J connectivity index is 2.30. The molecular weight excluding hydrogens is 194 g/mol. The summed E-state index contributed by atoms with van der Waals surface area (Å²) in [7, 11) is 0. The number of hydrogen-bond donors (Lipinski definition) is 2. The van der Waals surface area contributed by atoms with E-state index in [2.05, 4.69) is 24.8 Å². The first-order valence-electron chi connectivity index (χ1n) is 4.73. The Kier molecular flexibility index (Phi) is 2.61. The van der Waals surface area contributed by atoms with Gasteiger partial charge in [0.1, 0.15) is 0 Å². The fourth-order valence-electron chi connectivity index (χ4n) is 2.16. The highest BCUT2D eigenvalue weighted by atomic mass is 32.1. The summed E-state index contributed by atoms with van der Waals surface area (Å²) in [6.07, 6.45) is 1.32. The van der Waals surface area contributed by atoms with Gasteiger partial charge in [-0.05, 0) is 17.5 Å². The van der Waals surface area contributed by atoms with Crippen molar-refractivity contribution < 1.29 is 4.79 Å². The maximum absolute atomic E-state index is 11.0. The van der Waals surface area contributed by atoms with Crippen LogP contribution in [0.3, 0.4) is 0 Å². The molecule has 3 heteroatoms. The summed E-state index contributed by atoms with van der Waals surface area (Å²) < 4.78 is 0. The van der Waals surface area contributed by atoms with E-state index in [1.54, 1.807) is 0 Å². The van der Waals surface area contributed by atoms with Gasteiger partial charge < -0.3 is 5.73 Å². The largest absolute Gasteiger partial charge is 0.327 e. The molecule has 74 valence electrons. The van der Waals surface area contributed by atoms with Crippen molar-refractivity contribution in [2.45, 2.75) is 24.8 Å². The second-order valence-corrected chi connectivity index (χ2v) is 4.27. The molecular formula is C11H13NOS. The van der Waals surface area contributed by atoms with Gasteiger partial charge in [-0.2, -0.15) is 0 Å². The zero-order chi connectivity index (χ0) is 10.1. The molecule has 0 radical (unpaired) electrons. The Labute approximate surface area is 88.9 Å². The zero-order valence-corrected chi connectivity index (χ0v) is 8.71. The van der Waals surface area contributed by atoms with Gasteiger partial charge in [0, 0.05) is 18.4 Å². The van der Waals surface area contributed by atoms with Gasteiger partial charge in [-0.25, -0.2) is 0 Å². The molecule has 0 unspecified atom stereocenters. The quantitative estimate of drug-likeness (QED) is 0.722. The molecule has 0 heterocycles. The summed E-state index contributed by atoms with van der Waals surface area (Å²) in [4.78, 5) is 11.0. The molecule has 1 aromatic rings. The molecule has 2 atom stereocenters. The summed E-state index contributed by atoms with van der Waals surface area (Å²) in [6, 6.07) is 8.22. The van der Waals surface area contributed by atoms with Crippen LogP contribution in [0.5, 0.6) is 0 Å². The Morgan fingerprint density at radius 3 is 2.93 bits per heavy atom. The predicted octanol–water partition coefficient (Wildman–Crippen LogP) is 1.50. The van der Waals surface area contributed by atoms with Crippen molar-refractivity contribution in [2.24, 2.45) is 5.73 Å². The third-order valence-corrected chi connectivity index (χ3v) is 3.00. The second kappa shape index (κ2) is 3.75. The van der Waals surface area contributed by atoms with Crippen LogP contribution in [0, 0.1) is 0 Å². The van der Waals surface area contributed by atoms with Crippen molar-refractivity contribution in [3.8, 4) is 0 Å². The van der Waals surface area contributed by atoms with Crippen LogP contribution in [-0.2, 0) is 11.2 Å². The van der Waals surface area contributed by atoms with Crippen molar-refractivity contribution in [3.63, 3.8) is 0 Å². The standard InChI is InChI=1S/C11H13NOS/c12-10-5-7-3-1-2-4-8(7)9(10)6-11(13)14/h1-4,9-10H,5-6,12H2,(H,13,14)/t9-,10-/m1/s1. The molecule has 0 saturated carbocycles. The van der Waals surface area contributed by atoms with E-state index in [0.29, 0.717) is 6.42 Å². The number of carbonyl (C=O) groups is 1. The lowest BCUT2D eigenvalue weighted by Gasteiger charge is -2.14. The predicted molar refractivity (Wildman–Crippen MR) is 59.5 cm³/mol. The van der Waals surface area contributed by atoms with Gasteiger partial charge in [-0.15, -0.1) is 12.6 Å². The average molecular weight is 207 g/mol. The molecule has 1 aliphatic rings. The van der Waals surface area contributed by atoms with Crippen molar-refractivity contribution in [2.75, 3.05) is 0 Å². The maximum atomic E-state index is 11.0. The molecule has 0 aromatic heterocycles. The van der Waals surface area contributed by atoms with Crippen molar-refractivity contribution in [3.05, 3.63) is 35.4 Å². The number of fused-ring (bicyclic) bond motifs is 1. The van der Waals surface area contributed by atoms with E-state index < -0.39 is 0 Å². The highest BCUT2D eigenvalue weighted by molar-refractivity contribution is 7.96. The van der Waals surface area contributed by atoms with Gasteiger partial charge in [-0.3, -0.25) is 4.79 Å². The molecule has 2 N–H and O–H groups in total. The van der Waals surface area contributed by atoms with Gasteiger partial charge in [0.15, 0.2) is 5.12 Å². The van der Waals surface area contributed by atoms with E-state index in [1.165, 1.54) is 11.1 Å². The summed E-state index contributed by atoms with van der Waals surface area (Å²) in [5.41, 5.74) is 8.49. The first-order valence-corrected chi connectivity index (χ1v) is 5.18. The maximum Gasteiger partial charge on any atom is 0.186 e. The van der Waals surface area contributed by atoms with Crippen molar-refractivity contribution in [1.29, 1.82) is 0 Å². The minimum absolute atomic E-state index is 0.0727. The van der Waals surface area contributed by atoms with E-state index in [9.17, 15) is 4.79 Å². The Morgan fingerprint density at radius 1 is 1.50 bits per heavy atom. The molecule has 0 aliphatic heterocycles. The van der Waals surface area contributed by atoms with Crippen LogP contribution in [0.15, 0.2) is 24.3 Å². The van der Waals surface area contributed by atoms with Gasteiger partial charge >= 0.3 is 0 Å². The Bertz CT molecular complexity index is 364. The first kappa shape index (κ1) is 9.74. The number of carbonyl (C=O) groups excluding carboxylic acids is 1. The van der Waals surface area contributed by atoms with Crippen LogP contribution < -0.4 is 5.73 Å². The van der Waals surface area contributed by atoms with Crippen LogP contribution in [0.1, 0.15) is 23.5 Å².